The summed E-state index contributed by atoms with van der Waals surface area (Å²) in [6, 6.07) is 1.68. The predicted molar refractivity (Wildman–Crippen MR) is 100 cm³/mol. The Bertz CT molecular complexity index is 846. The van der Waals surface area contributed by atoms with E-state index in [1.165, 1.54) is 17.5 Å². The van der Waals surface area contributed by atoms with Crippen molar-refractivity contribution in [1.29, 1.82) is 0 Å². The molecule has 8 nitrogen and oxygen atoms in total. The zero-order valence-electron chi connectivity index (χ0n) is 16.2. The van der Waals surface area contributed by atoms with Crippen LogP contribution in [-0.2, 0) is 5.41 Å². The molecule has 0 radical (unpaired) electrons. The summed E-state index contributed by atoms with van der Waals surface area (Å²) < 4.78 is 10.5. The summed E-state index contributed by atoms with van der Waals surface area (Å²) >= 11 is 1.20. The Labute approximate surface area is 161 Å². The molecule has 9 heteroatoms. The van der Waals surface area contributed by atoms with Crippen molar-refractivity contribution in [3.05, 3.63) is 28.6 Å². The number of likely N-dealkylation sites (tertiary alicyclic amines) is 1. The Hall–Kier alpha value is -2.42. The quantitative estimate of drug-likeness (QED) is 0.839. The number of carbonyl (C=O) groups excluding carboxylic acids is 2. The van der Waals surface area contributed by atoms with Crippen LogP contribution in [0.4, 0.5) is 0 Å². The van der Waals surface area contributed by atoms with Crippen LogP contribution in [0.15, 0.2) is 16.8 Å². The highest BCUT2D eigenvalue weighted by atomic mass is 32.1. The molecule has 1 aliphatic rings. The van der Waals surface area contributed by atoms with E-state index in [4.69, 9.17) is 9.26 Å². The molecule has 0 unspecified atom stereocenters. The van der Waals surface area contributed by atoms with Gasteiger partial charge in [0.25, 0.3) is 17.0 Å². The highest BCUT2D eigenvalue weighted by molar-refractivity contribution is 7.15. The van der Waals surface area contributed by atoms with E-state index in [0.29, 0.717) is 29.8 Å². The van der Waals surface area contributed by atoms with Crippen LogP contribution >= 0.6 is 11.3 Å². The van der Waals surface area contributed by atoms with Crippen LogP contribution in [0, 0.1) is 0 Å². The van der Waals surface area contributed by atoms with Gasteiger partial charge < -0.3 is 19.5 Å². The zero-order chi connectivity index (χ0) is 19.8. The number of aromatic nitrogens is 2. The van der Waals surface area contributed by atoms with Crippen LogP contribution < -0.4 is 10.1 Å². The molecule has 2 aromatic rings. The molecule has 146 valence electrons. The summed E-state index contributed by atoms with van der Waals surface area (Å²) in [5.41, 5.74) is 0.0574. The van der Waals surface area contributed by atoms with Gasteiger partial charge in [0.15, 0.2) is 0 Å². The first-order valence-corrected chi connectivity index (χ1v) is 9.60. The normalized spacial score (nSPS) is 16.0. The number of nitrogens with zero attached hydrogens (tertiary/aromatic N) is 3. The van der Waals surface area contributed by atoms with Gasteiger partial charge in [-0.05, 0) is 13.8 Å². The number of hydrogen-bond acceptors (Lipinski definition) is 7. The van der Waals surface area contributed by atoms with Gasteiger partial charge in [-0.25, -0.2) is 4.98 Å². The average Bonchev–Trinajstić information content (AvgIpc) is 3.21. The minimum atomic E-state index is -0.491. The molecule has 0 saturated carbocycles. The first-order chi connectivity index (χ1) is 12.6. The van der Waals surface area contributed by atoms with Gasteiger partial charge in [0.05, 0.1) is 24.0 Å². The molecule has 3 heterocycles. The van der Waals surface area contributed by atoms with E-state index in [2.05, 4.69) is 15.5 Å². The van der Waals surface area contributed by atoms with E-state index >= 15 is 0 Å². The van der Waals surface area contributed by atoms with Gasteiger partial charge in [0.1, 0.15) is 4.88 Å². The number of carbonyl (C=O) groups is 2. The number of thiazole rings is 1. The highest BCUT2D eigenvalue weighted by Crippen LogP contribution is 2.27. The number of ether oxygens (including phenoxy) is 1. The van der Waals surface area contributed by atoms with E-state index in [1.54, 1.807) is 11.0 Å². The lowest BCUT2D eigenvalue weighted by atomic mass is 9.90. The summed E-state index contributed by atoms with van der Waals surface area (Å²) in [6.07, 6.45) is 1.50. The van der Waals surface area contributed by atoms with Crippen molar-refractivity contribution in [3.8, 4) is 5.19 Å². The molecule has 0 spiro atoms. The van der Waals surface area contributed by atoms with Gasteiger partial charge in [0, 0.05) is 24.6 Å². The predicted octanol–water partition coefficient (Wildman–Crippen LogP) is 2.47. The first-order valence-electron chi connectivity index (χ1n) is 8.79. The van der Waals surface area contributed by atoms with Crippen molar-refractivity contribution >= 4 is 23.2 Å². The van der Waals surface area contributed by atoms with Crippen LogP contribution in [-0.4, -0.2) is 52.1 Å². The molecule has 2 amide bonds. The van der Waals surface area contributed by atoms with Crippen LogP contribution in [0.2, 0.25) is 0 Å². The van der Waals surface area contributed by atoms with Gasteiger partial charge >= 0.3 is 0 Å². The summed E-state index contributed by atoms with van der Waals surface area (Å²) in [5.74, 6) is -0.221. The second-order valence-corrected chi connectivity index (χ2v) is 8.92. The Morgan fingerprint density at radius 1 is 1.41 bits per heavy atom. The monoisotopic (exact) mass is 392 g/mol. The molecule has 2 aromatic heterocycles. The van der Waals surface area contributed by atoms with Crippen molar-refractivity contribution < 1.29 is 18.8 Å². The number of nitrogens with one attached hydrogen (secondary N) is 1. The van der Waals surface area contributed by atoms with E-state index in [1.807, 2.05) is 34.6 Å². The molecule has 1 fully saturated rings. The molecule has 0 bridgehead atoms. The fourth-order valence-corrected chi connectivity index (χ4v) is 3.51. The average molecular weight is 392 g/mol. The molecule has 27 heavy (non-hydrogen) atoms. The van der Waals surface area contributed by atoms with Gasteiger partial charge in [0.2, 0.25) is 5.76 Å². The Morgan fingerprint density at radius 3 is 2.70 bits per heavy atom. The van der Waals surface area contributed by atoms with Gasteiger partial charge in [-0.1, -0.05) is 37.3 Å². The minimum absolute atomic E-state index is 0.186. The molecule has 3 rings (SSSR count). The second-order valence-electron chi connectivity index (χ2n) is 7.93. The SMILES string of the molecule is CCOc1ncc(C(=O)NC2(C)CN(C(=O)c3cc(C(C)(C)C)no3)C2)s1. The van der Waals surface area contributed by atoms with Gasteiger partial charge in [-0.2, -0.15) is 0 Å². The van der Waals surface area contributed by atoms with E-state index < -0.39 is 5.54 Å². The third kappa shape index (κ3) is 4.13. The fourth-order valence-electron chi connectivity index (χ4n) is 2.79. The fraction of sp³-hybridized carbons (Fsp3) is 0.556. The summed E-state index contributed by atoms with van der Waals surface area (Å²) in [5, 5.41) is 7.42. The maximum Gasteiger partial charge on any atom is 0.292 e. The summed E-state index contributed by atoms with van der Waals surface area (Å²) in [6.45, 7) is 11.1. The number of hydrogen-bond donors (Lipinski definition) is 1. The highest BCUT2D eigenvalue weighted by Gasteiger charge is 2.44. The lowest BCUT2D eigenvalue weighted by Gasteiger charge is -2.47. The van der Waals surface area contributed by atoms with Crippen molar-refractivity contribution in [2.45, 2.75) is 45.6 Å². The van der Waals surface area contributed by atoms with Crippen molar-refractivity contribution in [2.24, 2.45) is 0 Å². The molecule has 0 aliphatic carbocycles. The van der Waals surface area contributed by atoms with Crippen LogP contribution in [0.5, 0.6) is 5.19 Å². The van der Waals surface area contributed by atoms with Crippen molar-refractivity contribution in [1.82, 2.24) is 20.4 Å². The third-order valence-electron chi connectivity index (χ3n) is 4.25. The zero-order valence-corrected chi connectivity index (χ0v) is 17.0. The summed E-state index contributed by atoms with van der Waals surface area (Å²) in [4.78, 5) is 31.1. The molecule has 1 aliphatic heterocycles. The maximum absolute atomic E-state index is 12.5. The maximum atomic E-state index is 12.5. The van der Waals surface area contributed by atoms with Crippen LogP contribution in [0.1, 0.15) is 60.5 Å². The van der Waals surface area contributed by atoms with Crippen LogP contribution in [0.3, 0.4) is 0 Å². The molecular formula is C18H24N4O4S. The topological polar surface area (TPSA) is 97.6 Å². The largest absolute Gasteiger partial charge is 0.470 e. The first kappa shape index (κ1) is 19.3. The second kappa shape index (κ2) is 6.95. The van der Waals surface area contributed by atoms with E-state index in [-0.39, 0.29) is 23.0 Å². The lowest BCUT2D eigenvalue weighted by molar-refractivity contribution is 0.0299. The van der Waals surface area contributed by atoms with Gasteiger partial charge in [-0.3, -0.25) is 9.59 Å². The number of rotatable bonds is 5. The minimum Gasteiger partial charge on any atom is -0.470 e. The molecule has 0 atom stereocenters. The Morgan fingerprint density at radius 2 is 2.11 bits per heavy atom. The molecule has 1 N–H and O–H groups in total. The Balaban J connectivity index is 1.57. The van der Waals surface area contributed by atoms with Crippen molar-refractivity contribution in [2.75, 3.05) is 19.7 Å². The smallest absolute Gasteiger partial charge is 0.292 e. The van der Waals surface area contributed by atoms with Gasteiger partial charge in [-0.15, -0.1) is 0 Å². The summed E-state index contributed by atoms with van der Waals surface area (Å²) in [7, 11) is 0. The van der Waals surface area contributed by atoms with E-state index in [9.17, 15) is 9.59 Å². The standard InChI is InChI=1S/C18H24N4O4S/c1-6-25-16-19-8-12(27-16)14(23)20-18(5)9-22(10-18)15(24)11-7-13(21-26-11)17(2,3)4/h7-8H,6,9-10H2,1-5H3,(H,20,23). The lowest BCUT2D eigenvalue weighted by Crippen LogP contribution is -2.69. The van der Waals surface area contributed by atoms with Crippen LogP contribution in [0.25, 0.3) is 0 Å². The molecule has 0 aromatic carbocycles. The molecular weight excluding hydrogens is 368 g/mol. The third-order valence-corrected chi connectivity index (χ3v) is 5.16. The van der Waals surface area contributed by atoms with E-state index in [0.717, 1.165) is 5.69 Å². The molecule has 1 saturated heterocycles. The van der Waals surface area contributed by atoms with Crippen molar-refractivity contribution in [3.63, 3.8) is 0 Å². The number of amides is 2. The Kier molecular flexibility index (Phi) is 4.98.